The highest BCUT2D eigenvalue weighted by Crippen LogP contribution is 2.26. The molecule has 0 aliphatic carbocycles. The Kier molecular flexibility index (Phi) is 5.94. The molecule has 0 saturated heterocycles. The summed E-state index contributed by atoms with van der Waals surface area (Å²) < 4.78 is 10.3. The molecule has 0 spiro atoms. The molecule has 0 radical (unpaired) electrons. The highest BCUT2D eigenvalue weighted by molar-refractivity contribution is 6.09. The number of hydrogen-bond acceptors (Lipinski definition) is 7. The van der Waals surface area contributed by atoms with Crippen molar-refractivity contribution in [1.29, 1.82) is 5.41 Å². The van der Waals surface area contributed by atoms with Crippen LogP contribution in [0.2, 0.25) is 0 Å². The van der Waals surface area contributed by atoms with E-state index in [0.29, 0.717) is 23.7 Å². The van der Waals surface area contributed by atoms with E-state index in [1.807, 2.05) is 0 Å². The molecule has 2 rings (SSSR count). The molecule has 1 heterocycles. The second-order valence-electron chi connectivity index (χ2n) is 4.85. The fourth-order valence-corrected chi connectivity index (χ4v) is 1.84. The van der Waals surface area contributed by atoms with E-state index in [4.69, 9.17) is 20.3 Å². The second kappa shape index (κ2) is 8.34. The number of nitrogens with two attached hydrogens (primary N) is 1. The zero-order valence-electron chi connectivity index (χ0n) is 13.5. The first-order chi connectivity index (χ1) is 12.0. The van der Waals surface area contributed by atoms with E-state index in [0.717, 1.165) is 0 Å². The summed E-state index contributed by atoms with van der Waals surface area (Å²) in [7, 11) is 0. The van der Waals surface area contributed by atoms with E-state index in [9.17, 15) is 9.90 Å². The molecule has 0 bridgehead atoms. The van der Waals surface area contributed by atoms with Crippen molar-refractivity contribution >= 4 is 17.8 Å². The Bertz CT molecular complexity index is 810. The Hall–Kier alpha value is -3.55. The zero-order chi connectivity index (χ0) is 18.2. The number of ether oxygens (including phenoxy) is 1. The van der Waals surface area contributed by atoms with Crippen LogP contribution >= 0.6 is 0 Å². The Morgan fingerprint density at radius 3 is 2.96 bits per heavy atom. The molecule has 0 unspecified atom stereocenters. The van der Waals surface area contributed by atoms with Crippen molar-refractivity contribution in [3.05, 3.63) is 59.7 Å². The number of rotatable bonds is 7. The third-order valence-electron chi connectivity index (χ3n) is 3.01. The van der Waals surface area contributed by atoms with Crippen LogP contribution in [0.3, 0.4) is 0 Å². The molecule has 1 amide bonds. The molecular formula is C17H18N4O4. The van der Waals surface area contributed by atoms with Crippen LogP contribution in [0.5, 0.6) is 11.5 Å². The second-order valence-corrected chi connectivity index (χ2v) is 4.85. The fourth-order valence-electron chi connectivity index (χ4n) is 1.84. The van der Waals surface area contributed by atoms with Crippen molar-refractivity contribution in [1.82, 2.24) is 5.43 Å². The van der Waals surface area contributed by atoms with Crippen LogP contribution in [0.25, 0.3) is 0 Å². The first-order valence-electron chi connectivity index (χ1n) is 7.40. The lowest BCUT2D eigenvalue weighted by atomic mass is 10.2. The highest BCUT2D eigenvalue weighted by Gasteiger charge is 2.08. The SMILES string of the molecule is CCOc1cc(/C=N/NC(=O)/C(N)=C/C(=N)c2ccco2)ccc1O. The van der Waals surface area contributed by atoms with Gasteiger partial charge in [-0.05, 0) is 48.9 Å². The standard InChI is InChI=1S/C17H18N4O4/c1-2-24-16-8-11(5-6-14(16)22)10-20-21-17(23)13(19)9-12(18)15-4-3-7-25-15/h3-10,18,22H,2,19H2,1H3,(H,21,23)/b13-9-,18-12?,20-10+. The van der Waals surface area contributed by atoms with Gasteiger partial charge in [0.1, 0.15) is 5.70 Å². The number of nitrogens with one attached hydrogen (secondary N) is 2. The van der Waals surface area contributed by atoms with Gasteiger partial charge in [0.25, 0.3) is 5.91 Å². The Balaban J connectivity index is 1.98. The van der Waals surface area contributed by atoms with Crippen molar-refractivity contribution < 1.29 is 19.1 Å². The summed E-state index contributed by atoms with van der Waals surface area (Å²) in [5.74, 6) is -0.0149. The van der Waals surface area contributed by atoms with Gasteiger partial charge in [0.2, 0.25) is 0 Å². The molecule has 2 aromatic rings. The Morgan fingerprint density at radius 2 is 2.28 bits per heavy atom. The number of phenols is 1. The monoisotopic (exact) mass is 342 g/mol. The van der Waals surface area contributed by atoms with Crippen molar-refractivity contribution in [2.75, 3.05) is 6.61 Å². The van der Waals surface area contributed by atoms with Crippen molar-refractivity contribution in [2.45, 2.75) is 6.92 Å². The summed E-state index contributed by atoms with van der Waals surface area (Å²) in [6.07, 6.45) is 3.98. The molecular weight excluding hydrogens is 324 g/mol. The van der Waals surface area contributed by atoms with E-state index < -0.39 is 5.91 Å². The number of carbonyl (C=O) groups excluding carboxylic acids is 1. The first kappa shape index (κ1) is 17.8. The lowest BCUT2D eigenvalue weighted by Gasteiger charge is -2.06. The van der Waals surface area contributed by atoms with Gasteiger partial charge in [0, 0.05) is 0 Å². The van der Waals surface area contributed by atoms with Crippen LogP contribution in [0.1, 0.15) is 18.2 Å². The maximum absolute atomic E-state index is 11.9. The third-order valence-corrected chi connectivity index (χ3v) is 3.01. The Labute approximate surface area is 144 Å². The topological polar surface area (TPSA) is 134 Å². The number of hydrazone groups is 1. The van der Waals surface area contributed by atoms with Crippen molar-refractivity contribution in [2.24, 2.45) is 10.8 Å². The molecule has 0 saturated carbocycles. The van der Waals surface area contributed by atoms with Crippen LogP contribution < -0.4 is 15.9 Å². The van der Waals surface area contributed by atoms with Gasteiger partial charge < -0.3 is 20.0 Å². The molecule has 1 aromatic heterocycles. The third kappa shape index (κ3) is 4.96. The number of amides is 1. The summed E-state index contributed by atoms with van der Waals surface area (Å²) in [5, 5.41) is 21.2. The number of nitrogens with zero attached hydrogens (tertiary/aromatic N) is 1. The Morgan fingerprint density at radius 1 is 1.48 bits per heavy atom. The van der Waals surface area contributed by atoms with E-state index in [2.05, 4.69) is 10.5 Å². The van der Waals surface area contributed by atoms with Crippen LogP contribution in [0.15, 0.2) is 57.9 Å². The lowest BCUT2D eigenvalue weighted by molar-refractivity contribution is -0.117. The van der Waals surface area contributed by atoms with Crippen LogP contribution in [0.4, 0.5) is 0 Å². The summed E-state index contributed by atoms with van der Waals surface area (Å²) in [6, 6.07) is 7.88. The van der Waals surface area contributed by atoms with Gasteiger partial charge in [-0.3, -0.25) is 10.2 Å². The minimum atomic E-state index is -0.656. The number of carbonyl (C=O) groups is 1. The van der Waals surface area contributed by atoms with Gasteiger partial charge in [0.05, 0.1) is 24.8 Å². The molecule has 0 aliphatic heterocycles. The number of furan rings is 1. The minimum Gasteiger partial charge on any atom is -0.504 e. The molecule has 0 atom stereocenters. The minimum absolute atomic E-state index is 0.0200. The summed E-state index contributed by atoms with van der Waals surface area (Å²) in [6.45, 7) is 2.21. The predicted octanol–water partition coefficient (Wildman–Crippen LogP) is 1.74. The van der Waals surface area contributed by atoms with Crippen molar-refractivity contribution in [3.63, 3.8) is 0 Å². The number of phenolic OH excluding ortho intramolecular Hbond substituents is 1. The van der Waals surface area contributed by atoms with Gasteiger partial charge in [-0.2, -0.15) is 5.10 Å². The highest BCUT2D eigenvalue weighted by atomic mass is 16.5. The van der Waals surface area contributed by atoms with Crippen molar-refractivity contribution in [3.8, 4) is 11.5 Å². The smallest absolute Gasteiger partial charge is 0.287 e. The number of aromatic hydroxyl groups is 1. The first-order valence-corrected chi connectivity index (χ1v) is 7.40. The normalized spacial score (nSPS) is 11.5. The average molecular weight is 342 g/mol. The van der Waals surface area contributed by atoms with Crippen LogP contribution in [-0.4, -0.2) is 29.5 Å². The molecule has 1 aromatic carbocycles. The molecule has 0 fully saturated rings. The maximum atomic E-state index is 11.9. The summed E-state index contributed by atoms with van der Waals surface area (Å²) >= 11 is 0. The van der Waals surface area contributed by atoms with E-state index in [1.54, 1.807) is 31.2 Å². The molecule has 5 N–H and O–H groups in total. The quantitative estimate of drug-likeness (QED) is 0.345. The van der Waals surface area contributed by atoms with Crippen LogP contribution in [-0.2, 0) is 4.79 Å². The number of hydrogen-bond donors (Lipinski definition) is 4. The summed E-state index contributed by atoms with van der Waals surface area (Å²) in [5.41, 5.74) is 8.29. The van der Waals surface area contributed by atoms with Gasteiger partial charge >= 0.3 is 0 Å². The largest absolute Gasteiger partial charge is 0.504 e. The van der Waals surface area contributed by atoms with E-state index >= 15 is 0 Å². The number of benzene rings is 1. The van der Waals surface area contributed by atoms with E-state index in [-0.39, 0.29) is 17.2 Å². The molecule has 0 aliphatic rings. The average Bonchev–Trinajstić information content (AvgIpc) is 3.12. The molecule has 8 heteroatoms. The van der Waals surface area contributed by atoms with Gasteiger partial charge in [0.15, 0.2) is 17.3 Å². The number of allylic oxidation sites excluding steroid dienone is 1. The summed E-state index contributed by atoms with van der Waals surface area (Å²) in [4.78, 5) is 11.9. The molecule has 8 nitrogen and oxygen atoms in total. The lowest BCUT2D eigenvalue weighted by Crippen LogP contribution is -2.25. The van der Waals surface area contributed by atoms with E-state index in [1.165, 1.54) is 24.6 Å². The molecule has 25 heavy (non-hydrogen) atoms. The van der Waals surface area contributed by atoms with Crippen LogP contribution in [0, 0.1) is 5.41 Å². The van der Waals surface area contributed by atoms with Gasteiger partial charge in [-0.25, -0.2) is 5.43 Å². The predicted molar refractivity (Wildman–Crippen MR) is 92.8 cm³/mol. The maximum Gasteiger partial charge on any atom is 0.287 e. The fraction of sp³-hybridized carbons (Fsp3) is 0.118. The zero-order valence-corrected chi connectivity index (χ0v) is 13.5. The van der Waals surface area contributed by atoms with Gasteiger partial charge in [-0.1, -0.05) is 0 Å². The molecule has 130 valence electrons. The van der Waals surface area contributed by atoms with Gasteiger partial charge in [-0.15, -0.1) is 0 Å².